The predicted molar refractivity (Wildman–Crippen MR) is 69.1 cm³/mol. The second-order valence-electron chi connectivity index (χ2n) is 4.11. The molecule has 0 spiro atoms. The van der Waals surface area contributed by atoms with Gasteiger partial charge in [0.25, 0.3) is 6.43 Å². The van der Waals surface area contributed by atoms with Gasteiger partial charge in [0.15, 0.2) is 11.6 Å². The van der Waals surface area contributed by atoms with Gasteiger partial charge in [-0.2, -0.15) is 0 Å². The average molecular weight is 296 g/mol. The molecule has 0 saturated heterocycles. The van der Waals surface area contributed by atoms with Gasteiger partial charge in [-0.1, -0.05) is 41.6 Å². The Kier molecular flexibility index (Phi) is 4.92. The van der Waals surface area contributed by atoms with Crippen LogP contribution in [0.1, 0.15) is 23.1 Å². The Bertz CT molecular complexity index is 626. The summed E-state index contributed by atoms with van der Waals surface area (Å²) in [5.74, 6) is -1.96. The number of halogens is 4. The quantitative estimate of drug-likeness (QED) is 0.457. The fraction of sp³-hybridized carbons (Fsp3) is 0.133. The Morgan fingerprint density at radius 2 is 1.76 bits per heavy atom. The first-order valence-electron chi connectivity index (χ1n) is 5.97. The van der Waals surface area contributed by atoms with Crippen LogP contribution in [-0.4, -0.2) is 6.21 Å². The van der Waals surface area contributed by atoms with Crippen molar-refractivity contribution in [1.82, 2.24) is 0 Å². The Balaban J connectivity index is 1.92. The lowest BCUT2D eigenvalue weighted by Gasteiger charge is -2.02. The summed E-state index contributed by atoms with van der Waals surface area (Å²) in [6.45, 7) is -0.258. The van der Waals surface area contributed by atoms with Crippen LogP contribution in [-0.2, 0) is 11.4 Å². The molecule has 0 amide bonds. The molecule has 21 heavy (non-hydrogen) atoms. The Hall–Kier alpha value is -2.37. The van der Waals surface area contributed by atoms with Gasteiger partial charge >= 0.3 is 0 Å². The number of hydrogen-bond acceptors (Lipinski definition) is 2. The van der Waals surface area contributed by atoms with Crippen LogP contribution in [0.2, 0.25) is 0 Å². The van der Waals surface area contributed by atoms with E-state index >= 15 is 0 Å². The van der Waals surface area contributed by atoms with E-state index in [2.05, 4.69) is 11.4 Å². The minimum Gasteiger partial charge on any atom is -0.390 e. The highest BCUT2D eigenvalue weighted by molar-refractivity contribution is 5.79. The molecule has 2 aromatic carbocycles. The molecule has 2 nitrogen and oxygen atoms in total. The molecule has 0 aromatic heterocycles. The van der Waals surface area contributed by atoms with E-state index in [0.29, 0.717) is 5.56 Å². The number of benzene rings is 2. The third-order valence-corrected chi connectivity index (χ3v) is 2.65. The van der Waals surface area contributed by atoms with Gasteiger partial charge in [-0.05, 0) is 6.07 Å². The number of nitrogens with zero attached hydrogens (tertiary/aromatic N) is 1. The summed E-state index contributed by atoms with van der Waals surface area (Å²) in [4.78, 5) is 4.80. The van der Waals surface area contributed by atoms with Crippen molar-refractivity contribution in [3.05, 3.63) is 70.8 Å². The van der Waals surface area contributed by atoms with Crippen molar-refractivity contribution in [2.45, 2.75) is 13.0 Å². The first kappa shape index (κ1) is 15.0. The molecule has 0 bridgehead atoms. The monoisotopic (exact) mass is 296 g/mol. The molecular formula is C15H10F4NO. The summed E-state index contributed by atoms with van der Waals surface area (Å²) in [5, 5.41) is 3.46. The van der Waals surface area contributed by atoms with Gasteiger partial charge in [0.05, 0.1) is 0 Å². The molecule has 0 unspecified atom stereocenters. The summed E-state index contributed by atoms with van der Waals surface area (Å²) in [6.07, 6.45) is -0.0819. The van der Waals surface area contributed by atoms with Crippen molar-refractivity contribution < 1.29 is 22.4 Å². The van der Waals surface area contributed by atoms with Gasteiger partial charge in [0, 0.05) is 16.7 Å². The molecule has 0 aliphatic carbocycles. The summed E-state index contributed by atoms with van der Waals surface area (Å²) >= 11 is 0. The third kappa shape index (κ3) is 4.05. The van der Waals surface area contributed by atoms with E-state index in [9.17, 15) is 17.6 Å². The van der Waals surface area contributed by atoms with Gasteiger partial charge in [-0.15, -0.1) is 0 Å². The van der Waals surface area contributed by atoms with Gasteiger partial charge in [-0.25, -0.2) is 17.6 Å². The molecule has 2 rings (SSSR count). The Morgan fingerprint density at radius 3 is 2.43 bits per heavy atom. The van der Waals surface area contributed by atoms with Crippen molar-refractivity contribution in [3.63, 3.8) is 0 Å². The van der Waals surface area contributed by atoms with Crippen molar-refractivity contribution in [2.24, 2.45) is 5.16 Å². The number of alkyl halides is 2. The van der Waals surface area contributed by atoms with E-state index in [4.69, 9.17) is 4.84 Å². The molecule has 0 aliphatic rings. The maximum Gasteiger partial charge on any atom is 0.263 e. The SMILES string of the molecule is Fc1cccc(CO/N=[C]\c2ccc(C(F)F)cc2)c1F. The highest BCUT2D eigenvalue weighted by Crippen LogP contribution is 2.18. The van der Waals surface area contributed by atoms with Gasteiger partial charge in [-0.3, -0.25) is 0 Å². The summed E-state index contributed by atoms with van der Waals surface area (Å²) in [5.41, 5.74) is 0.344. The highest BCUT2D eigenvalue weighted by atomic mass is 19.3. The predicted octanol–water partition coefficient (Wildman–Crippen LogP) is 4.33. The van der Waals surface area contributed by atoms with E-state index in [-0.39, 0.29) is 17.7 Å². The summed E-state index contributed by atoms with van der Waals surface area (Å²) < 4.78 is 50.9. The van der Waals surface area contributed by atoms with E-state index in [0.717, 1.165) is 6.07 Å². The molecule has 0 fully saturated rings. The van der Waals surface area contributed by atoms with E-state index in [1.165, 1.54) is 36.4 Å². The molecule has 1 radical (unpaired) electrons. The van der Waals surface area contributed by atoms with Crippen LogP contribution in [0.25, 0.3) is 0 Å². The molecule has 6 heteroatoms. The standard InChI is InChI=1S/C15H10F4NO/c16-13-3-1-2-12(14(13)17)9-21-20-8-10-4-6-11(7-5-10)15(18)19/h1-7,15H,9H2. The molecule has 109 valence electrons. The molecule has 0 aliphatic heterocycles. The molecule has 0 N–H and O–H groups in total. The summed E-state index contributed by atoms with van der Waals surface area (Å²) in [6, 6.07) is 9.01. The lowest BCUT2D eigenvalue weighted by Crippen LogP contribution is -1.95. The maximum atomic E-state index is 13.3. The second kappa shape index (κ2) is 6.88. The van der Waals surface area contributed by atoms with Crippen LogP contribution in [0.3, 0.4) is 0 Å². The minimum atomic E-state index is -2.54. The molecule has 0 atom stereocenters. The van der Waals surface area contributed by atoms with Gasteiger partial charge < -0.3 is 4.84 Å². The highest BCUT2D eigenvalue weighted by Gasteiger charge is 2.07. The van der Waals surface area contributed by atoms with Crippen molar-refractivity contribution >= 4 is 6.21 Å². The first-order valence-corrected chi connectivity index (χ1v) is 5.97. The van der Waals surface area contributed by atoms with Crippen molar-refractivity contribution in [2.75, 3.05) is 0 Å². The van der Waals surface area contributed by atoms with Crippen molar-refractivity contribution in [3.8, 4) is 0 Å². The van der Waals surface area contributed by atoms with Crippen LogP contribution < -0.4 is 0 Å². The topological polar surface area (TPSA) is 21.6 Å². The molecule has 0 saturated carbocycles. The first-order chi connectivity index (χ1) is 10.1. The van der Waals surface area contributed by atoms with Crippen LogP contribution in [0.15, 0.2) is 47.6 Å². The van der Waals surface area contributed by atoms with Crippen LogP contribution in [0.5, 0.6) is 0 Å². The lowest BCUT2D eigenvalue weighted by molar-refractivity contribution is 0.129. The zero-order valence-electron chi connectivity index (χ0n) is 10.7. The zero-order chi connectivity index (χ0) is 15.2. The van der Waals surface area contributed by atoms with E-state index < -0.39 is 18.1 Å². The largest absolute Gasteiger partial charge is 0.390 e. The summed E-state index contributed by atoms with van der Waals surface area (Å²) in [7, 11) is 0. The fourth-order valence-corrected chi connectivity index (χ4v) is 1.55. The Labute approximate surface area is 118 Å². The molecule has 2 aromatic rings. The Morgan fingerprint density at radius 1 is 1.05 bits per heavy atom. The number of hydrogen-bond donors (Lipinski definition) is 0. The van der Waals surface area contributed by atoms with Crippen LogP contribution >= 0.6 is 0 Å². The van der Waals surface area contributed by atoms with E-state index in [1.807, 2.05) is 0 Å². The van der Waals surface area contributed by atoms with Gasteiger partial charge in [0.2, 0.25) is 0 Å². The van der Waals surface area contributed by atoms with Gasteiger partial charge in [0.1, 0.15) is 12.8 Å². The van der Waals surface area contributed by atoms with E-state index in [1.54, 1.807) is 0 Å². The van der Waals surface area contributed by atoms with Crippen LogP contribution in [0, 0.1) is 11.6 Å². The van der Waals surface area contributed by atoms with Crippen LogP contribution in [0.4, 0.5) is 17.6 Å². The molecular weight excluding hydrogens is 286 g/mol. The third-order valence-electron chi connectivity index (χ3n) is 2.65. The zero-order valence-corrected chi connectivity index (χ0v) is 10.7. The maximum absolute atomic E-state index is 13.3. The fourth-order valence-electron chi connectivity index (χ4n) is 1.55. The smallest absolute Gasteiger partial charge is 0.263 e. The lowest BCUT2D eigenvalue weighted by atomic mass is 10.1. The minimum absolute atomic E-state index is 0.0219. The second-order valence-corrected chi connectivity index (χ2v) is 4.11. The average Bonchev–Trinajstić information content (AvgIpc) is 2.48. The normalized spacial score (nSPS) is 11.3. The number of rotatable bonds is 5. The molecule has 0 heterocycles. The van der Waals surface area contributed by atoms with Crippen molar-refractivity contribution in [1.29, 1.82) is 0 Å².